The molecule has 4 rings (SSSR count). The number of piperidine rings is 1. The molecule has 1 N–H and O–H groups in total. The zero-order chi connectivity index (χ0) is 19.6. The van der Waals surface area contributed by atoms with E-state index in [9.17, 15) is 13.2 Å². The van der Waals surface area contributed by atoms with Gasteiger partial charge in [-0.2, -0.15) is 4.31 Å². The molecule has 2 aliphatic heterocycles. The van der Waals surface area contributed by atoms with Crippen LogP contribution in [0.15, 0.2) is 40.6 Å². The van der Waals surface area contributed by atoms with E-state index in [2.05, 4.69) is 5.32 Å². The maximum Gasteiger partial charge on any atom is 0.243 e. The van der Waals surface area contributed by atoms with E-state index in [1.54, 1.807) is 39.9 Å². The Balaban J connectivity index is 1.43. The monoisotopic (exact) mass is 419 g/mol. The van der Waals surface area contributed by atoms with Crippen LogP contribution in [-0.2, 0) is 27.8 Å². The molecule has 0 radical (unpaired) electrons. The van der Waals surface area contributed by atoms with E-state index in [4.69, 9.17) is 0 Å². The zero-order valence-electron chi connectivity index (χ0n) is 15.8. The smallest absolute Gasteiger partial charge is 0.243 e. The van der Waals surface area contributed by atoms with Crippen molar-refractivity contribution < 1.29 is 13.2 Å². The van der Waals surface area contributed by atoms with Crippen LogP contribution in [0, 0.1) is 0 Å². The van der Waals surface area contributed by atoms with Crippen molar-refractivity contribution in [3.05, 3.63) is 46.2 Å². The molecule has 1 fully saturated rings. The Bertz CT molecular complexity index is 949. The summed E-state index contributed by atoms with van der Waals surface area (Å²) in [7, 11) is -3.56. The highest BCUT2D eigenvalue weighted by atomic mass is 32.2. The number of nitrogens with zero attached hydrogens (tertiary/aromatic N) is 2. The number of hydrogen-bond acceptors (Lipinski definition) is 5. The molecule has 1 saturated heterocycles. The van der Waals surface area contributed by atoms with E-state index in [1.807, 2.05) is 16.3 Å². The Morgan fingerprint density at radius 3 is 2.75 bits per heavy atom. The van der Waals surface area contributed by atoms with E-state index < -0.39 is 10.0 Å². The van der Waals surface area contributed by atoms with Crippen molar-refractivity contribution in [2.24, 2.45) is 0 Å². The molecular weight excluding hydrogens is 394 g/mol. The molecule has 1 amide bonds. The predicted octanol–water partition coefficient (Wildman–Crippen LogP) is 2.92. The topological polar surface area (TPSA) is 69.7 Å². The van der Waals surface area contributed by atoms with Gasteiger partial charge in [-0.25, -0.2) is 8.42 Å². The lowest BCUT2D eigenvalue weighted by atomic mass is 10.1. The second kappa shape index (κ2) is 8.23. The van der Waals surface area contributed by atoms with Crippen LogP contribution in [0.1, 0.15) is 29.7 Å². The van der Waals surface area contributed by atoms with Crippen LogP contribution in [0.5, 0.6) is 0 Å². The van der Waals surface area contributed by atoms with Gasteiger partial charge < -0.3 is 10.2 Å². The number of fused-ring (bicyclic) bond motifs is 1. The molecule has 0 aliphatic carbocycles. The number of amides is 1. The van der Waals surface area contributed by atoms with E-state index >= 15 is 0 Å². The van der Waals surface area contributed by atoms with E-state index in [1.165, 1.54) is 11.3 Å². The number of benzene rings is 1. The van der Waals surface area contributed by atoms with Gasteiger partial charge in [-0.3, -0.25) is 4.79 Å². The van der Waals surface area contributed by atoms with Crippen LogP contribution in [0.2, 0.25) is 0 Å². The highest BCUT2D eigenvalue weighted by molar-refractivity contribution is 7.89. The first-order valence-electron chi connectivity index (χ1n) is 9.71. The number of anilines is 1. The Morgan fingerprint density at radius 1 is 1.11 bits per heavy atom. The summed E-state index contributed by atoms with van der Waals surface area (Å²) < 4.78 is 27.7. The molecule has 2 aromatic rings. The number of carbonyl (C=O) groups excluding carboxylic acids is 1. The van der Waals surface area contributed by atoms with Gasteiger partial charge in [0.15, 0.2) is 0 Å². The second-order valence-electron chi connectivity index (χ2n) is 7.28. The fraction of sp³-hybridized carbons (Fsp3) is 0.450. The van der Waals surface area contributed by atoms with Crippen molar-refractivity contribution in [1.82, 2.24) is 9.21 Å². The minimum Gasteiger partial charge on any atom is -0.376 e. The summed E-state index contributed by atoms with van der Waals surface area (Å²) in [5, 5.41) is 5.11. The molecule has 8 heteroatoms. The van der Waals surface area contributed by atoms with Gasteiger partial charge in [0.25, 0.3) is 0 Å². The summed E-state index contributed by atoms with van der Waals surface area (Å²) in [4.78, 5) is 15.7. The van der Waals surface area contributed by atoms with E-state index in [-0.39, 0.29) is 17.3 Å². The predicted molar refractivity (Wildman–Crippen MR) is 111 cm³/mol. The van der Waals surface area contributed by atoms with E-state index in [0.29, 0.717) is 18.8 Å². The molecule has 0 bridgehead atoms. The molecule has 1 aromatic heterocycles. The van der Waals surface area contributed by atoms with Crippen molar-refractivity contribution in [3.8, 4) is 0 Å². The average molecular weight is 420 g/mol. The average Bonchev–Trinajstić information content (AvgIpc) is 3.21. The molecule has 0 unspecified atom stereocenters. The van der Waals surface area contributed by atoms with Gasteiger partial charge >= 0.3 is 0 Å². The molecule has 0 spiro atoms. The summed E-state index contributed by atoms with van der Waals surface area (Å²) in [5.74, 6) is 0.0639. The van der Waals surface area contributed by atoms with Crippen LogP contribution in [0.25, 0.3) is 0 Å². The largest absolute Gasteiger partial charge is 0.376 e. The fourth-order valence-electron chi connectivity index (χ4n) is 3.78. The number of rotatable bonds is 5. The number of thiophene rings is 1. The quantitative estimate of drug-likeness (QED) is 0.809. The lowest BCUT2D eigenvalue weighted by Gasteiger charge is -2.27. The first kappa shape index (κ1) is 19.4. The number of sulfonamides is 1. The third-order valence-corrected chi connectivity index (χ3v) is 8.26. The summed E-state index contributed by atoms with van der Waals surface area (Å²) in [6.45, 7) is 2.74. The molecule has 1 aromatic carbocycles. The molecule has 0 atom stereocenters. The summed E-state index contributed by atoms with van der Waals surface area (Å²) >= 11 is 1.69. The molecule has 6 nitrogen and oxygen atoms in total. The third kappa shape index (κ3) is 4.09. The van der Waals surface area contributed by atoms with Crippen molar-refractivity contribution in [2.75, 3.05) is 31.5 Å². The summed E-state index contributed by atoms with van der Waals surface area (Å²) in [6.07, 6.45) is 4.05. The Kier molecular flexibility index (Phi) is 5.70. The normalized spacial score (nSPS) is 17.9. The van der Waals surface area contributed by atoms with Crippen LogP contribution in [0.3, 0.4) is 0 Å². The number of likely N-dealkylation sites (tertiary alicyclic amines) is 1. The van der Waals surface area contributed by atoms with Crippen molar-refractivity contribution in [1.29, 1.82) is 0 Å². The van der Waals surface area contributed by atoms with Crippen LogP contribution in [-0.4, -0.2) is 49.7 Å². The van der Waals surface area contributed by atoms with E-state index in [0.717, 1.165) is 37.9 Å². The molecule has 150 valence electrons. The van der Waals surface area contributed by atoms with Gasteiger partial charge in [-0.15, -0.1) is 11.3 Å². The molecular formula is C20H25N3O3S2. The van der Waals surface area contributed by atoms with Gasteiger partial charge in [0.1, 0.15) is 0 Å². The van der Waals surface area contributed by atoms with Crippen LogP contribution < -0.4 is 5.32 Å². The zero-order valence-corrected chi connectivity index (χ0v) is 17.4. The molecule has 0 saturated carbocycles. The van der Waals surface area contributed by atoms with Gasteiger partial charge in [-0.1, -0.05) is 6.07 Å². The van der Waals surface area contributed by atoms with Crippen LogP contribution >= 0.6 is 11.3 Å². The first-order chi connectivity index (χ1) is 13.5. The first-order valence-corrected chi connectivity index (χ1v) is 12.0. The fourth-order valence-corrected chi connectivity index (χ4v) is 6.13. The van der Waals surface area contributed by atoms with Crippen molar-refractivity contribution >= 4 is 33.0 Å². The Morgan fingerprint density at radius 2 is 1.93 bits per heavy atom. The minimum absolute atomic E-state index is 0.0639. The summed E-state index contributed by atoms with van der Waals surface area (Å²) in [5.41, 5.74) is 1.75. The second-order valence-corrected chi connectivity index (χ2v) is 10.2. The molecule has 28 heavy (non-hydrogen) atoms. The van der Waals surface area contributed by atoms with Gasteiger partial charge in [0.05, 0.1) is 11.4 Å². The summed E-state index contributed by atoms with van der Waals surface area (Å²) in [6, 6.07) is 8.78. The number of carbonyl (C=O) groups is 1. The molecule has 2 aliphatic rings. The highest BCUT2D eigenvalue weighted by Gasteiger charge is 2.29. The van der Waals surface area contributed by atoms with Gasteiger partial charge in [0, 0.05) is 36.7 Å². The SMILES string of the molecule is O=C(CNc1cccc(S(=O)(=O)N2CCc3sccc3C2)c1)N1CCCCC1. The van der Waals surface area contributed by atoms with Crippen LogP contribution in [0.4, 0.5) is 5.69 Å². The lowest BCUT2D eigenvalue weighted by molar-refractivity contribution is -0.130. The standard InChI is InChI=1S/C20H25N3O3S2/c24-20(22-9-2-1-3-10-22)14-21-17-5-4-6-18(13-17)28(25,26)23-11-7-19-16(15-23)8-12-27-19/h4-6,8,12-13,21H,1-3,7,9-11,14-15H2. The highest BCUT2D eigenvalue weighted by Crippen LogP contribution is 2.28. The Hall–Kier alpha value is -1.90. The van der Waals surface area contributed by atoms with Gasteiger partial charge in [0.2, 0.25) is 15.9 Å². The van der Waals surface area contributed by atoms with Crippen molar-refractivity contribution in [2.45, 2.75) is 37.1 Å². The molecule has 3 heterocycles. The van der Waals surface area contributed by atoms with Crippen molar-refractivity contribution in [3.63, 3.8) is 0 Å². The lowest BCUT2D eigenvalue weighted by Crippen LogP contribution is -2.39. The maximum absolute atomic E-state index is 13.1. The maximum atomic E-state index is 13.1. The third-order valence-electron chi connectivity index (χ3n) is 5.40. The number of nitrogens with one attached hydrogen (secondary N) is 1. The minimum atomic E-state index is -3.56. The Labute approximate surface area is 170 Å². The van der Waals surface area contributed by atoms with Gasteiger partial charge in [-0.05, 0) is 60.9 Å². The number of hydrogen-bond donors (Lipinski definition) is 1.